The second-order valence-electron chi connectivity index (χ2n) is 5.35. The van der Waals surface area contributed by atoms with Gasteiger partial charge >= 0.3 is 0 Å². The molecule has 0 N–H and O–H groups in total. The topological polar surface area (TPSA) is 3.24 Å². The summed E-state index contributed by atoms with van der Waals surface area (Å²) in [4.78, 5) is 2.38. The van der Waals surface area contributed by atoms with Crippen molar-refractivity contribution >= 4 is 0 Å². The maximum atomic E-state index is 4.26. The van der Waals surface area contributed by atoms with Gasteiger partial charge in [0.05, 0.1) is 0 Å². The molecule has 0 atom stereocenters. The standard InChI is InChI=1S/C18H31N/c1-9-11-19(12-10-2)18(8)16(6)13-15(5)17(7)14(3)4/h13H,3,8-12H2,1-2,4-7H3/b16-13-,17-15+. The van der Waals surface area contributed by atoms with E-state index >= 15 is 0 Å². The molecule has 0 aromatic heterocycles. The van der Waals surface area contributed by atoms with Crippen molar-refractivity contribution in [3.05, 3.63) is 47.2 Å². The van der Waals surface area contributed by atoms with Crippen molar-refractivity contribution in [3.63, 3.8) is 0 Å². The Labute approximate surface area is 120 Å². The first-order valence-corrected chi connectivity index (χ1v) is 7.30. The van der Waals surface area contributed by atoms with Crippen LogP contribution in [-0.4, -0.2) is 18.0 Å². The van der Waals surface area contributed by atoms with Crippen molar-refractivity contribution in [1.29, 1.82) is 0 Å². The van der Waals surface area contributed by atoms with Gasteiger partial charge in [0.25, 0.3) is 0 Å². The second kappa shape index (κ2) is 8.79. The van der Waals surface area contributed by atoms with Crippen LogP contribution < -0.4 is 0 Å². The molecule has 0 aliphatic carbocycles. The molecule has 0 rings (SSSR count). The zero-order chi connectivity index (χ0) is 15.0. The van der Waals surface area contributed by atoms with Crippen LogP contribution in [0.3, 0.4) is 0 Å². The maximum Gasteiger partial charge on any atom is 0.0322 e. The molecule has 1 nitrogen and oxygen atoms in total. The zero-order valence-electron chi connectivity index (χ0n) is 13.8. The lowest BCUT2D eigenvalue weighted by Crippen LogP contribution is -2.24. The number of hydrogen-bond donors (Lipinski definition) is 0. The predicted octanol–water partition coefficient (Wildman–Crippen LogP) is 5.48. The molecule has 0 aliphatic rings. The van der Waals surface area contributed by atoms with Crippen LogP contribution >= 0.6 is 0 Å². The molecule has 0 fully saturated rings. The Bertz CT molecular complexity index is 376. The molecular weight excluding hydrogens is 230 g/mol. The lowest BCUT2D eigenvalue weighted by atomic mass is 10.0. The summed E-state index contributed by atoms with van der Waals surface area (Å²) in [6.07, 6.45) is 4.54. The highest BCUT2D eigenvalue weighted by atomic mass is 15.1. The first kappa shape index (κ1) is 17.8. The monoisotopic (exact) mass is 261 g/mol. The number of rotatable bonds is 8. The van der Waals surface area contributed by atoms with E-state index < -0.39 is 0 Å². The van der Waals surface area contributed by atoms with Gasteiger partial charge in [-0.2, -0.15) is 0 Å². The molecule has 0 heterocycles. The molecule has 0 amide bonds. The minimum atomic E-state index is 1.08. The second-order valence-corrected chi connectivity index (χ2v) is 5.35. The van der Waals surface area contributed by atoms with Gasteiger partial charge in [-0.1, -0.05) is 38.7 Å². The van der Waals surface area contributed by atoms with Gasteiger partial charge in [0, 0.05) is 18.8 Å². The van der Waals surface area contributed by atoms with Crippen LogP contribution in [0.2, 0.25) is 0 Å². The number of nitrogens with zero attached hydrogens (tertiary/aromatic N) is 1. The SMILES string of the molecule is C=C(C)/C(C)=C(C)/C=C(/C)C(=C)N(CCC)CCC. The lowest BCUT2D eigenvalue weighted by Gasteiger charge is -2.26. The third-order valence-electron chi connectivity index (χ3n) is 3.49. The van der Waals surface area contributed by atoms with E-state index in [1.807, 2.05) is 0 Å². The minimum absolute atomic E-state index is 1.08. The largest absolute Gasteiger partial charge is 0.372 e. The molecule has 108 valence electrons. The Balaban J connectivity index is 5.07. The molecule has 0 radical (unpaired) electrons. The Kier molecular flexibility index (Phi) is 8.22. The van der Waals surface area contributed by atoms with E-state index in [4.69, 9.17) is 0 Å². The van der Waals surface area contributed by atoms with Crippen LogP contribution in [0.25, 0.3) is 0 Å². The summed E-state index contributed by atoms with van der Waals surface area (Å²) in [6.45, 7) is 23.3. The average Bonchev–Trinajstić information content (AvgIpc) is 2.36. The van der Waals surface area contributed by atoms with E-state index in [1.165, 1.54) is 16.7 Å². The molecular formula is C18H31N. The Morgan fingerprint density at radius 2 is 1.42 bits per heavy atom. The normalized spacial score (nSPS) is 13.1. The van der Waals surface area contributed by atoms with Gasteiger partial charge in [-0.3, -0.25) is 0 Å². The molecule has 0 saturated carbocycles. The van der Waals surface area contributed by atoms with E-state index in [9.17, 15) is 0 Å². The quantitative estimate of drug-likeness (QED) is 0.523. The molecule has 0 saturated heterocycles. The summed E-state index contributed by atoms with van der Waals surface area (Å²) in [7, 11) is 0. The van der Waals surface area contributed by atoms with E-state index in [1.54, 1.807) is 0 Å². The van der Waals surface area contributed by atoms with Crippen LogP contribution in [0.4, 0.5) is 0 Å². The zero-order valence-corrected chi connectivity index (χ0v) is 13.8. The van der Waals surface area contributed by atoms with Crippen LogP contribution in [0.15, 0.2) is 47.2 Å². The Morgan fingerprint density at radius 1 is 0.947 bits per heavy atom. The fraction of sp³-hybridized carbons (Fsp3) is 0.556. The molecule has 0 aromatic rings. The number of hydrogen-bond acceptors (Lipinski definition) is 1. The lowest BCUT2D eigenvalue weighted by molar-refractivity contribution is 0.351. The van der Waals surface area contributed by atoms with Crippen LogP contribution in [0.5, 0.6) is 0 Å². The Hall–Kier alpha value is -1.24. The predicted molar refractivity (Wildman–Crippen MR) is 88.2 cm³/mol. The fourth-order valence-electron chi connectivity index (χ4n) is 2.02. The summed E-state index contributed by atoms with van der Waals surface area (Å²) in [5, 5.41) is 0. The van der Waals surface area contributed by atoms with Gasteiger partial charge in [-0.05, 0) is 57.3 Å². The summed E-state index contributed by atoms with van der Waals surface area (Å²) >= 11 is 0. The highest BCUT2D eigenvalue weighted by Crippen LogP contribution is 2.19. The van der Waals surface area contributed by atoms with Gasteiger partial charge in [-0.15, -0.1) is 0 Å². The first-order chi connectivity index (χ1) is 8.84. The molecule has 19 heavy (non-hydrogen) atoms. The maximum absolute atomic E-state index is 4.26. The van der Waals surface area contributed by atoms with E-state index in [0.29, 0.717) is 0 Å². The van der Waals surface area contributed by atoms with Crippen LogP contribution in [0.1, 0.15) is 54.4 Å². The number of allylic oxidation sites excluding steroid dienone is 5. The van der Waals surface area contributed by atoms with Gasteiger partial charge in [0.2, 0.25) is 0 Å². The van der Waals surface area contributed by atoms with Crippen molar-refractivity contribution in [2.45, 2.75) is 54.4 Å². The highest BCUT2D eigenvalue weighted by Gasteiger charge is 2.07. The molecule has 1 heteroatoms. The molecule has 0 aromatic carbocycles. The fourth-order valence-corrected chi connectivity index (χ4v) is 2.02. The van der Waals surface area contributed by atoms with Crippen molar-refractivity contribution < 1.29 is 0 Å². The van der Waals surface area contributed by atoms with Gasteiger partial charge in [0.15, 0.2) is 0 Å². The minimum Gasteiger partial charge on any atom is -0.372 e. The Morgan fingerprint density at radius 3 is 1.79 bits per heavy atom. The van der Waals surface area contributed by atoms with E-state index in [-0.39, 0.29) is 0 Å². The third kappa shape index (κ3) is 5.96. The van der Waals surface area contributed by atoms with E-state index in [2.05, 4.69) is 65.7 Å². The molecule has 0 bridgehead atoms. The summed E-state index contributed by atoms with van der Waals surface area (Å²) in [5.41, 5.74) is 6.08. The summed E-state index contributed by atoms with van der Waals surface area (Å²) in [5.74, 6) is 0. The van der Waals surface area contributed by atoms with Crippen molar-refractivity contribution in [1.82, 2.24) is 4.90 Å². The van der Waals surface area contributed by atoms with Crippen molar-refractivity contribution in [2.24, 2.45) is 0 Å². The molecule has 0 unspecified atom stereocenters. The highest BCUT2D eigenvalue weighted by molar-refractivity contribution is 5.40. The third-order valence-corrected chi connectivity index (χ3v) is 3.49. The molecule has 0 aliphatic heterocycles. The van der Waals surface area contributed by atoms with Crippen molar-refractivity contribution in [2.75, 3.05) is 13.1 Å². The van der Waals surface area contributed by atoms with Gasteiger partial charge in [0.1, 0.15) is 0 Å². The van der Waals surface area contributed by atoms with E-state index in [0.717, 1.165) is 37.2 Å². The van der Waals surface area contributed by atoms with Gasteiger partial charge in [-0.25, -0.2) is 0 Å². The first-order valence-electron chi connectivity index (χ1n) is 7.30. The van der Waals surface area contributed by atoms with Crippen LogP contribution in [-0.2, 0) is 0 Å². The average molecular weight is 261 g/mol. The summed E-state index contributed by atoms with van der Waals surface area (Å²) < 4.78 is 0. The smallest absolute Gasteiger partial charge is 0.0322 e. The van der Waals surface area contributed by atoms with Crippen molar-refractivity contribution in [3.8, 4) is 0 Å². The summed E-state index contributed by atoms with van der Waals surface area (Å²) in [6, 6.07) is 0. The van der Waals surface area contributed by atoms with Gasteiger partial charge < -0.3 is 4.90 Å². The van der Waals surface area contributed by atoms with Crippen LogP contribution in [0, 0.1) is 0 Å². The molecule has 0 spiro atoms.